The van der Waals surface area contributed by atoms with E-state index in [4.69, 9.17) is 19.2 Å². The van der Waals surface area contributed by atoms with Crippen molar-refractivity contribution in [2.75, 3.05) is 56.4 Å². The summed E-state index contributed by atoms with van der Waals surface area (Å²) in [6.45, 7) is 2.77. The molecule has 33 heavy (non-hydrogen) atoms. The summed E-state index contributed by atoms with van der Waals surface area (Å²) >= 11 is 0. The zero-order chi connectivity index (χ0) is 23.0. The van der Waals surface area contributed by atoms with Crippen LogP contribution < -0.4 is 20.1 Å². The van der Waals surface area contributed by atoms with Crippen LogP contribution in [0.15, 0.2) is 35.1 Å². The third-order valence-corrected chi connectivity index (χ3v) is 6.16. The molecule has 9 heteroatoms. The molecule has 0 radical (unpaired) electrons. The van der Waals surface area contributed by atoms with Crippen LogP contribution in [-0.4, -0.2) is 68.9 Å². The number of nitrogens with zero attached hydrogens (tertiary/aromatic N) is 3. The van der Waals surface area contributed by atoms with E-state index in [0.29, 0.717) is 31.5 Å². The second-order valence-corrected chi connectivity index (χ2v) is 8.54. The lowest BCUT2D eigenvalue weighted by atomic mass is 10.0. The Kier molecular flexibility index (Phi) is 8.17. The van der Waals surface area contributed by atoms with E-state index < -0.39 is 6.36 Å². The predicted molar refractivity (Wildman–Crippen MR) is 125 cm³/mol. The summed E-state index contributed by atoms with van der Waals surface area (Å²) in [5.41, 5.74) is 0.982. The molecular weight excluding hydrogens is 427 g/mol. The third-order valence-electron chi connectivity index (χ3n) is 6.16. The first-order valence-corrected chi connectivity index (χ1v) is 11.7. The normalized spacial score (nSPS) is 21.6. The molecule has 0 spiro atoms. The molecule has 0 amide bonds. The van der Waals surface area contributed by atoms with E-state index >= 15 is 0 Å². The lowest BCUT2D eigenvalue weighted by molar-refractivity contribution is -0.0467. The van der Waals surface area contributed by atoms with Crippen molar-refractivity contribution in [3.05, 3.63) is 46.2 Å². The van der Waals surface area contributed by atoms with Crippen LogP contribution in [0, 0.1) is 0 Å². The Morgan fingerprint density at radius 1 is 1.18 bits per heavy atom. The zero-order valence-corrected chi connectivity index (χ0v) is 19.2. The third kappa shape index (κ3) is 6.45. The van der Waals surface area contributed by atoms with E-state index in [1.54, 1.807) is 12.0 Å². The van der Waals surface area contributed by atoms with E-state index in [1.165, 1.54) is 11.6 Å². The van der Waals surface area contributed by atoms with Gasteiger partial charge in [-0.1, -0.05) is 25.0 Å². The highest BCUT2D eigenvalue weighted by atomic mass is 19.1. The van der Waals surface area contributed by atoms with Gasteiger partial charge in [0.1, 0.15) is 18.2 Å². The summed E-state index contributed by atoms with van der Waals surface area (Å²) in [6.07, 6.45) is 3.82. The highest BCUT2D eigenvalue weighted by Gasteiger charge is 2.26. The largest absolute Gasteiger partial charge is 0.491 e. The lowest BCUT2D eigenvalue weighted by Gasteiger charge is -2.33. The smallest absolute Gasteiger partial charge is 0.254 e. The number of hydrogen-bond acceptors (Lipinski definition) is 7. The molecule has 180 valence electrons. The van der Waals surface area contributed by atoms with E-state index in [2.05, 4.69) is 22.0 Å². The van der Waals surface area contributed by atoms with Crippen molar-refractivity contribution < 1.29 is 18.6 Å². The van der Waals surface area contributed by atoms with Crippen molar-refractivity contribution in [2.45, 2.75) is 44.5 Å². The molecule has 2 aliphatic rings. The molecular formula is C24H33FN4O4. The summed E-state index contributed by atoms with van der Waals surface area (Å²) in [4.78, 5) is 24.1. The van der Waals surface area contributed by atoms with Crippen LogP contribution in [0.1, 0.15) is 31.2 Å². The average molecular weight is 461 g/mol. The van der Waals surface area contributed by atoms with E-state index in [9.17, 15) is 9.18 Å². The van der Waals surface area contributed by atoms with Gasteiger partial charge in [-0.25, -0.2) is 4.39 Å². The van der Waals surface area contributed by atoms with Crippen molar-refractivity contribution in [1.29, 1.82) is 0 Å². The quantitative estimate of drug-likeness (QED) is 0.607. The fraction of sp³-hybridized carbons (Fsp3) is 0.583. The molecule has 8 nitrogen and oxygen atoms in total. The van der Waals surface area contributed by atoms with Gasteiger partial charge in [-0.15, -0.1) is 0 Å². The fourth-order valence-corrected chi connectivity index (χ4v) is 4.45. The molecule has 1 aromatic carbocycles. The molecule has 2 aromatic rings. The number of anilines is 2. The molecule has 0 aliphatic carbocycles. The van der Waals surface area contributed by atoms with Crippen molar-refractivity contribution in [2.24, 2.45) is 0 Å². The van der Waals surface area contributed by atoms with Crippen molar-refractivity contribution in [3.63, 3.8) is 0 Å². The highest BCUT2D eigenvalue weighted by molar-refractivity contribution is 5.45. The Balaban J connectivity index is 1.51. The molecule has 2 atom stereocenters. The number of aromatic amines is 1. The maximum absolute atomic E-state index is 13.7. The summed E-state index contributed by atoms with van der Waals surface area (Å²) < 4.78 is 29.4. The number of benzene rings is 1. The first kappa shape index (κ1) is 23.5. The molecule has 3 heterocycles. The fourth-order valence-electron chi connectivity index (χ4n) is 4.45. The predicted octanol–water partition coefficient (Wildman–Crippen LogP) is 2.92. The van der Waals surface area contributed by atoms with Gasteiger partial charge in [0.15, 0.2) is 0 Å². The van der Waals surface area contributed by atoms with E-state index in [0.717, 1.165) is 44.4 Å². The van der Waals surface area contributed by atoms with E-state index in [1.807, 2.05) is 12.1 Å². The molecule has 0 unspecified atom stereocenters. The number of morpholine rings is 1. The molecule has 2 aliphatic heterocycles. The van der Waals surface area contributed by atoms with Crippen LogP contribution in [0.4, 0.5) is 16.2 Å². The molecule has 1 aromatic heterocycles. The van der Waals surface area contributed by atoms with Crippen LogP contribution in [-0.2, 0) is 15.9 Å². The van der Waals surface area contributed by atoms with Crippen molar-refractivity contribution in [1.82, 2.24) is 9.97 Å². The Morgan fingerprint density at radius 3 is 2.82 bits per heavy atom. The number of halogens is 1. The standard InChI is InChI=1S/C24H33FN4O4/c1-31-13-14-32-20-8-6-18(7-9-20)15-19-5-3-2-4-10-29(19)24-26-22(16-23(30)27-24)28-11-12-33-21(25)17-28/h6-9,16,19,21H,2-5,10-15,17H2,1H3,(H,26,27,30)/t19-,21+/m1/s1. The van der Waals surface area contributed by atoms with Crippen molar-refractivity contribution in [3.8, 4) is 5.75 Å². The van der Waals surface area contributed by atoms with Crippen LogP contribution in [0.3, 0.4) is 0 Å². The van der Waals surface area contributed by atoms with Crippen LogP contribution in [0.2, 0.25) is 0 Å². The number of methoxy groups -OCH3 is 1. The maximum Gasteiger partial charge on any atom is 0.254 e. The van der Waals surface area contributed by atoms with Gasteiger partial charge >= 0.3 is 0 Å². The van der Waals surface area contributed by atoms with E-state index in [-0.39, 0.29) is 24.8 Å². The summed E-state index contributed by atoms with van der Waals surface area (Å²) in [7, 11) is 1.65. The monoisotopic (exact) mass is 460 g/mol. The van der Waals surface area contributed by atoms with Gasteiger partial charge in [-0.2, -0.15) is 4.98 Å². The lowest BCUT2D eigenvalue weighted by Crippen LogP contribution is -2.43. The van der Waals surface area contributed by atoms with Crippen LogP contribution >= 0.6 is 0 Å². The highest BCUT2D eigenvalue weighted by Crippen LogP contribution is 2.26. The van der Waals surface area contributed by atoms with Gasteiger partial charge in [-0.3, -0.25) is 9.78 Å². The second-order valence-electron chi connectivity index (χ2n) is 8.54. The Hall–Kier alpha value is -2.65. The van der Waals surface area contributed by atoms with Crippen LogP contribution in [0.25, 0.3) is 0 Å². The molecule has 0 saturated carbocycles. The molecule has 1 N–H and O–H groups in total. The summed E-state index contributed by atoms with van der Waals surface area (Å²) in [6, 6.07) is 9.80. The molecule has 2 saturated heterocycles. The zero-order valence-electron chi connectivity index (χ0n) is 19.2. The Bertz CT molecular complexity index is 939. The Morgan fingerprint density at radius 2 is 2.03 bits per heavy atom. The maximum atomic E-state index is 13.7. The van der Waals surface area contributed by atoms with Gasteiger partial charge in [-0.05, 0) is 37.0 Å². The number of aromatic nitrogens is 2. The molecule has 2 fully saturated rings. The van der Waals surface area contributed by atoms with Gasteiger partial charge in [0.25, 0.3) is 5.56 Å². The van der Waals surface area contributed by atoms with Gasteiger partial charge in [0.2, 0.25) is 12.3 Å². The van der Waals surface area contributed by atoms with Gasteiger partial charge in [0, 0.05) is 32.3 Å². The SMILES string of the molecule is COCCOc1ccc(C[C@H]2CCCCCN2c2nc(N3CCO[C@H](F)C3)cc(=O)[nH]2)cc1. The first-order valence-electron chi connectivity index (χ1n) is 11.7. The minimum atomic E-state index is -1.37. The van der Waals surface area contributed by atoms with Gasteiger partial charge < -0.3 is 24.0 Å². The first-order chi connectivity index (χ1) is 16.1. The molecule has 4 rings (SSSR count). The Labute approximate surface area is 193 Å². The molecule has 0 bridgehead atoms. The minimum Gasteiger partial charge on any atom is -0.491 e. The minimum absolute atomic E-state index is 0.0815. The number of ether oxygens (including phenoxy) is 3. The second kappa shape index (κ2) is 11.5. The number of nitrogens with one attached hydrogen (secondary N) is 1. The number of rotatable bonds is 8. The average Bonchev–Trinajstić information content (AvgIpc) is 3.05. The summed E-state index contributed by atoms with van der Waals surface area (Å²) in [5, 5.41) is 0. The topological polar surface area (TPSA) is 79.9 Å². The van der Waals surface area contributed by atoms with Crippen LogP contribution in [0.5, 0.6) is 5.75 Å². The summed E-state index contributed by atoms with van der Waals surface area (Å²) in [5.74, 6) is 1.88. The van der Waals surface area contributed by atoms with Gasteiger partial charge in [0.05, 0.1) is 19.8 Å². The van der Waals surface area contributed by atoms with Crippen molar-refractivity contribution >= 4 is 11.8 Å². The number of H-pyrrole nitrogens is 1. The number of alkyl halides is 1. The number of hydrogen-bond donors (Lipinski definition) is 1.